The number of fused-ring (bicyclic) bond motifs is 9. The van der Waals surface area contributed by atoms with Gasteiger partial charge in [0, 0.05) is 32.7 Å². The summed E-state index contributed by atoms with van der Waals surface area (Å²) in [4.78, 5) is 12.1. The Labute approximate surface area is 297 Å². The van der Waals surface area contributed by atoms with Gasteiger partial charge in [-0.25, -0.2) is 9.97 Å². The molecule has 11 rings (SSSR count). The molecule has 3 heterocycles. The molecular weight excluding hydrogens is 639 g/mol. The maximum atomic E-state index is 6.26. The predicted molar refractivity (Wildman–Crippen MR) is 211 cm³/mol. The molecule has 0 radical (unpaired) electrons. The van der Waals surface area contributed by atoms with Crippen molar-refractivity contribution in [3.63, 3.8) is 0 Å². The zero-order chi connectivity index (χ0) is 34.2. The quantitative estimate of drug-likeness (QED) is 0.175. The summed E-state index contributed by atoms with van der Waals surface area (Å²) in [5, 5.41) is 17.5. The number of nitrogens with zero attached hydrogens (tertiary/aromatic N) is 5. The van der Waals surface area contributed by atoms with Crippen molar-refractivity contribution in [2.24, 2.45) is 0 Å². The maximum Gasteiger partial charge on any atom is 0.160 e. The van der Waals surface area contributed by atoms with Crippen molar-refractivity contribution in [2.75, 3.05) is 0 Å². The molecule has 3 aromatic heterocycles. The fourth-order valence-electron chi connectivity index (χ4n) is 7.59. The van der Waals surface area contributed by atoms with Gasteiger partial charge in [-0.2, -0.15) is 4.80 Å². The molecule has 0 saturated heterocycles. The zero-order valence-electron chi connectivity index (χ0n) is 27.7. The molecule has 0 atom stereocenters. The fraction of sp³-hybridized carbons (Fsp3) is 0. The van der Waals surface area contributed by atoms with Crippen LogP contribution in [0.2, 0.25) is 0 Å². The van der Waals surface area contributed by atoms with Crippen molar-refractivity contribution in [1.29, 1.82) is 0 Å². The van der Waals surface area contributed by atoms with Gasteiger partial charge >= 0.3 is 0 Å². The van der Waals surface area contributed by atoms with Crippen LogP contribution in [0.25, 0.3) is 105 Å². The van der Waals surface area contributed by atoms with Crippen LogP contribution in [0.3, 0.4) is 0 Å². The van der Waals surface area contributed by atoms with Crippen molar-refractivity contribution >= 4 is 65.4 Å². The van der Waals surface area contributed by atoms with Gasteiger partial charge in [0.1, 0.15) is 22.2 Å². The molecule has 0 fully saturated rings. The number of aromatic nitrogens is 5. The summed E-state index contributed by atoms with van der Waals surface area (Å²) in [5.74, 6) is 0.672. The van der Waals surface area contributed by atoms with Crippen LogP contribution in [0.1, 0.15) is 0 Å². The van der Waals surface area contributed by atoms with Crippen LogP contribution in [0, 0.1) is 0 Å². The van der Waals surface area contributed by atoms with Crippen LogP contribution >= 0.6 is 0 Å². The first-order chi connectivity index (χ1) is 25.7. The third-order valence-corrected chi connectivity index (χ3v) is 10.1. The van der Waals surface area contributed by atoms with Gasteiger partial charge in [-0.1, -0.05) is 115 Å². The normalized spacial score (nSPS) is 11.8. The Morgan fingerprint density at radius 2 is 1.17 bits per heavy atom. The molecule has 6 heteroatoms. The van der Waals surface area contributed by atoms with E-state index in [2.05, 4.69) is 97.1 Å². The van der Waals surface area contributed by atoms with Crippen molar-refractivity contribution in [3.05, 3.63) is 164 Å². The summed E-state index contributed by atoms with van der Waals surface area (Å²) in [7, 11) is 0. The lowest BCUT2D eigenvalue weighted by atomic mass is 9.95. The predicted octanol–water partition coefficient (Wildman–Crippen LogP) is 11.6. The molecule has 0 N–H and O–H groups in total. The first-order valence-corrected chi connectivity index (χ1v) is 17.3. The first kappa shape index (κ1) is 28.6. The summed E-state index contributed by atoms with van der Waals surface area (Å²) in [6.07, 6.45) is 0. The number of rotatable bonds is 4. The molecule has 8 aromatic carbocycles. The summed E-state index contributed by atoms with van der Waals surface area (Å²) in [5.41, 5.74) is 10.3. The van der Waals surface area contributed by atoms with E-state index in [1.54, 1.807) is 4.80 Å². The van der Waals surface area contributed by atoms with Crippen molar-refractivity contribution < 1.29 is 4.42 Å². The van der Waals surface area contributed by atoms with E-state index in [4.69, 9.17) is 24.6 Å². The van der Waals surface area contributed by atoms with Gasteiger partial charge in [-0.05, 0) is 75.8 Å². The molecule has 52 heavy (non-hydrogen) atoms. The molecule has 0 bridgehead atoms. The lowest BCUT2D eigenvalue weighted by Gasteiger charge is -2.12. The van der Waals surface area contributed by atoms with E-state index in [1.165, 1.54) is 0 Å². The van der Waals surface area contributed by atoms with Gasteiger partial charge in [0.15, 0.2) is 5.82 Å². The van der Waals surface area contributed by atoms with E-state index < -0.39 is 0 Å². The summed E-state index contributed by atoms with van der Waals surface area (Å²) >= 11 is 0. The van der Waals surface area contributed by atoms with E-state index in [0.717, 1.165) is 99.1 Å². The standard InChI is InChI=1S/C46H27N5O/c1-2-12-33(13-3-1)51-49-39-25-24-29-22-20-28-21-23-31(27-37(28)42(29)45(39)50-51)30-10-8-11-32(26-30)46-47-38-17-6-4-14-34(38)44(48-46)36-16-9-19-41-43(36)35-15-5-7-18-40(35)52-41/h1-27H. The SMILES string of the molecule is c1ccc(-n2nc3ccc4ccc5ccc(-c6cccc(-c7nc(-c8cccc9oc%10ccccc%10c89)c8ccccc8n7)c6)cc5c4c3n2)cc1. The van der Waals surface area contributed by atoms with E-state index in [0.29, 0.717) is 5.82 Å². The van der Waals surface area contributed by atoms with Gasteiger partial charge in [0.2, 0.25) is 0 Å². The molecule has 0 aliphatic carbocycles. The molecule has 0 saturated carbocycles. The van der Waals surface area contributed by atoms with Crippen LogP contribution < -0.4 is 0 Å². The molecule has 0 aliphatic heterocycles. The summed E-state index contributed by atoms with van der Waals surface area (Å²) < 4.78 is 6.26. The van der Waals surface area contributed by atoms with E-state index in [9.17, 15) is 0 Å². The lowest BCUT2D eigenvalue weighted by molar-refractivity contribution is 0.669. The Morgan fingerprint density at radius 3 is 2.12 bits per heavy atom. The maximum absolute atomic E-state index is 6.26. The van der Waals surface area contributed by atoms with Gasteiger partial charge in [0.05, 0.1) is 16.9 Å². The third-order valence-electron chi connectivity index (χ3n) is 10.1. The highest BCUT2D eigenvalue weighted by Gasteiger charge is 2.18. The minimum absolute atomic E-state index is 0.672. The fourth-order valence-corrected chi connectivity index (χ4v) is 7.59. The molecular formula is C46H27N5O. The average molecular weight is 666 g/mol. The van der Waals surface area contributed by atoms with E-state index >= 15 is 0 Å². The Balaban J connectivity index is 1.08. The van der Waals surface area contributed by atoms with Crippen LogP contribution in [0.4, 0.5) is 0 Å². The third kappa shape index (κ3) is 4.44. The topological polar surface area (TPSA) is 69.6 Å². The summed E-state index contributed by atoms with van der Waals surface area (Å²) in [6, 6.07) is 56.4. The molecule has 242 valence electrons. The Bertz CT molecular complexity index is 3200. The largest absolute Gasteiger partial charge is 0.456 e. The molecule has 0 spiro atoms. The van der Waals surface area contributed by atoms with Crippen LogP contribution in [0.5, 0.6) is 0 Å². The number of para-hydroxylation sites is 3. The van der Waals surface area contributed by atoms with Gasteiger partial charge < -0.3 is 4.42 Å². The molecule has 0 amide bonds. The number of benzene rings is 8. The van der Waals surface area contributed by atoms with Crippen LogP contribution in [-0.4, -0.2) is 25.0 Å². The van der Waals surface area contributed by atoms with Gasteiger partial charge in [-0.3, -0.25) is 0 Å². The average Bonchev–Trinajstić information content (AvgIpc) is 3.83. The van der Waals surface area contributed by atoms with E-state index in [-0.39, 0.29) is 0 Å². The van der Waals surface area contributed by atoms with Crippen molar-refractivity contribution in [3.8, 4) is 39.5 Å². The van der Waals surface area contributed by atoms with Crippen LogP contribution in [0.15, 0.2) is 168 Å². The minimum atomic E-state index is 0.672. The number of hydrogen-bond acceptors (Lipinski definition) is 5. The smallest absolute Gasteiger partial charge is 0.160 e. The highest BCUT2D eigenvalue weighted by molar-refractivity contribution is 6.19. The second-order valence-electron chi connectivity index (χ2n) is 13.1. The highest BCUT2D eigenvalue weighted by atomic mass is 16.3. The Kier molecular flexibility index (Phi) is 6.15. The number of furan rings is 1. The Hall–Kier alpha value is -7.18. The Morgan fingerprint density at radius 1 is 0.442 bits per heavy atom. The second-order valence-corrected chi connectivity index (χ2v) is 13.1. The highest BCUT2D eigenvalue weighted by Crippen LogP contribution is 2.40. The van der Waals surface area contributed by atoms with Gasteiger partial charge in [0.25, 0.3) is 0 Å². The molecule has 0 unspecified atom stereocenters. The second kappa shape index (κ2) is 11.2. The van der Waals surface area contributed by atoms with Gasteiger partial charge in [-0.15, -0.1) is 10.2 Å². The van der Waals surface area contributed by atoms with Crippen molar-refractivity contribution in [1.82, 2.24) is 25.0 Å². The minimum Gasteiger partial charge on any atom is -0.456 e. The van der Waals surface area contributed by atoms with Crippen molar-refractivity contribution in [2.45, 2.75) is 0 Å². The number of hydrogen-bond donors (Lipinski definition) is 0. The lowest BCUT2D eigenvalue weighted by Crippen LogP contribution is -1.97. The summed E-state index contributed by atoms with van der Waals surface area (Å²) in [6.45, 7) is 0. The van der Waals surface area contributed by atoms with E-state index in [1.807, 2.05) is 66.7 Å². The zero-order valence-corrected chi connectivity index (χ0v) is 27.7. The van der Waals surface area contributed by atoms with Crippen LogP contribution in [-0.2, 0) is 0 Å². The molecule has 0 aliphatic rings. The first-order valence-electron chi connectivity index (χ1n) is 17.3. The molecule has 11 aromatic rings. The monoisotopic (exact) mass is 665 g/mol. The molecule has 6 nitrogen and oxygen atoms in total.